The molecule has 23 heavy (non-hydrogen) atoms. The second kappa shape index (κ2) is 9.67. The van der Waals surface area contributed by atoms with Crippen molar-refractivity contribution in [1.82, 2.24) is 10.0 Å². The Labute approximate surface area is 139 Å². The third-order valence-corrected chi connectivity index (χ3v) is 4.98. The molecule has 0 bridgehead atoms. The highest BCUT2D eigenvalue weighted by Crippen LogP contribution is 2.11. The van der Waals surface area contributed by atoms with E-state index in [-0.39, 0.29) is 10.8 Å². The molecule has 0 saturated heterocycles. The smallest absolute Gasteiger partial charge is 0.251 e. The highest BCUT2D eigenvalue weighted by molar-refractivity contribution is 7.89. The van der Waals surface area contributed by atoms with Crippen molar-refractivity contribution in [2.45, 2.75) is 51.3 Å². The van der Waals surface area contributed by atoms with Gasteiger partial charge in [0.1, 0.15) is 0 Å². The van der Waals surface area contributed by atoms with Crippen LogP contribution in [0.1, 0.15) is 56.8 Å². The number of carbonyl (C=O) groups is 1. The Morgan fingerprint density at radius 3 is 2.30 bits per heavy atom. The predicted molar refractivity (Wildman–Crippen MR) is 92.9 cm³/mol. The average molecular weight is 340 g/mol. The lowest BCUT2D eigenvalue weighted by Crippen LogP contribution is -2.26. The fourth-order valence-electron chi connectivity index (χ4n) is 2.03. The van der Waals surface area contributed by atoms with E-state index in [2.05, 4.69) is 30.8 Å². The van der Waals surface area contributed by atoms with Gasteiger partial charge in [-0.15, -0.1) is 0 Å². The summed E-state index contributed by atoms with van der Waals surface area (Å²) in [5, 5.41) is 2.83. The van der Waals surface area contributed by atoms with Crippen LogP contribution in [-0.2, 0) is 10.0 Å². The zero-order valence-corrected chi connectivity index (χ0v) is 15.1. The van der Waals surface area contributed by atoms with Crippen LogP contribution in [0.15, 0.2) is 29.2 Å². The number of nitrogens with one attached hydrogen (secondary N) is 2. The molecule has 0 radical (unpaired) electrons. The van der Waals surface area contributed by atoms with Gasteiger partial charge in [-0.2, -0.15) is 0 Å². The van der Waals surface area contributed by atoms with Crippen LogP contribution in [0, 0.1) is 5.92 Å². The van der Waals surface area contributed by atoms with Gasteiger partial charge in [-0.25, -0.2) is 13.1 Å². The molecule has 0 aliphatic rings. The maximum absolute atomic E-state index is 12.1. The molecule has 0 aliphatic heterocycles. The quantitative estimate of drug-likeness (QED) is 0.643. The summed E-state index contributed by atoms with van der Waals surface area (Å²) in [6, 6.07) is 6.04. The standard InChI is InChI=1S/C17H28N2O3S/c1-4-5-6-12-19-23(21,22)16-9-7-15(8-10-16)17(20)18-13-11-14(2)3/h7-10,14,19H,4-6,11-13H2,1-3H3,(H,18,20). The van der Waals surface area contributed by atoms with Gasteiger partial charge in [0, 0.05) is 18.7 Å². The summed E-state index contributed by atoms with van der Waals surface area (Å²) in [6.45, 7) is 7.32. The Bertz CT molecular complexity index is 580. The molecule has 1 aromatic rings. The molecule has 0 heterocycles. The van der Waals surface area contributed by atoms with Gasteiger partial charge in [0.05, 0.1) is 4.90 Å². The molecule has 6 heteroatoms. The topological polar surface area (TPSA) is 75.3 Å². The van der Waals surface area contributed by atoms with Crippen molar-refractivity contribution in [2.75, 3.05) is 13.1 Å². The van der Waals surface area contributed by atoms with Crippen molar-refractivity contribution >= 4 is 15.9 Å². The summed E-state index contributed by atoms with van der Waals surface area (Å²) in [5.74, 6) is 0.354. The first-order valence-corrected chi connectivity index (χ1v) is 9.73. The molecular formula is C17H28N2O3S. The molecule has 1 aromatic carbocycles. The molecule has 1 amide bonds. The van der Waals surface area contributed by atoms with E-state index in [0.717, 1.165) is 25.7 Å². The number of sulfonamides is 1. The molecule has 0 atom stereocenters. The summed E-state index contributed by atoms with van der Waals surface area (Å²) in [4.78, 5) is 12.1. The highest BCUT2D eigenvalue weighted by atomic mass is 32.2. The average Bonchev–Trinajstić information content (AvgIpc) is 2.51. The van der Waals surface area contributed by atoms with E-state index in [0.29, 0.717) is 24.6 Å². The van der Waals surface area contributed by atoms with Crippen molar-refractivity contribution in [3.8, 4) is 0 Å². The summed E-state index contributed by atoms with van der Waals surface area (Å²) >= 11 is 0. The Balaban J connectivity index is 2.59. The Hall–Kier alpha value is -1.40. The SMILES string of the molecule is CCCCCNS(=O)(=O)c1ccc(C(=O)NCCC(C)C)cc1. The molecule has 5 nitrogen and oxygen atoms in total. The summed E-state index contributed by atoms with van der Waals surface area (Å²) < 4.78 is 26.8. The monoisotopic (exact) mass is 340 g/mol. The molecule has 0 aromatic heterocycles. The van der Waals surface area contributed by atoms with Crippen molar-refractivity contribution in [2.24, 2.45) is 5.92 Å². The number of unbranched alkanes of at least 4 members (excludes halogenated alkanes) is 2. The van der Waals surface area contributed by atoms with E-state index in [1.807, 2.05) is 0 Å². The second-order valence-corrected chi connectivity index (χ2v) is 7.83. The molecular weight excluding hydrogens is 312 g/mol. The Morgan fingerprint density at radius 1 is 1.09 bits per heavy atom. The van der Waals surface area contributed by atoms with Gasteiger partial charge in [0.15, 0.2) is 0 Å². The molecule has 2 N–H and O–H groups in total. The van der Waals surface area contributed by atoms with Crippen LogP contribution in [0.5, 0.6) is 0 Å². The van der Waals surface area contributed by atoms with Crippen LogP contribution in [-0.4, -0.2) is 27.4 Å². The van der Waals surface area contributed by atoms with E-state index in [4.69, 9.17) is 0 Å². The lowest BCUT2D eigenvalue weighted by Gasteiger charge is -2.09. The number of rotatable bonds is 10. The first-order valence-electron chi connectivity index (χ1n) is 8.24. The summed E-state index contributed by atoms with van der Waals surface area (Å²) in [5.41, 5.74) is 0.471. The Morgan fingerprint density at radius 2 is 1.74 bits per heavy atom. The molecule has 1 rings (SSSR count). The number of hydrogen-bond donors (Lipinski definition) is 2. The lowest BCUT2D eigenvalue weighted by atomic mass is 10.1. The number of hydrogen-bond acceptors (Lipinski definition) is 3. The van der Waals surface area contributed by atoms with E-state index in [1.165, 1.54) is 12.1 Å². The van der Waals surface area contributed by atoms with E-state index in [9.17, 15) is 13.2 Å². The highest BCUT2D eigenvalue weighted by Gasteiger charge is 2.14. The van der Waals surface area contributed by atoms with Gasteiger partial charge in [0.2, 0.25) is 10.0 Å². The first kappa shape index (κ1) is 19.6. The fourth-order valence-corrected chi connectivity index (χ4v) is 3.10. The van der Waals surface area contributed by atoms with Crippen molar-refractivity contribution in [3.05, 3.63) is 29.8 Å². The van der Waals surface area contributed by atoms with Crippen LogP contribution in [0.4, 0.5) is 0 Å². The van der Waals surface area contributed by atoms with Crippen molar-refractivity contribution < 1.29 is 13.2 Å². The second-order valence-electron chi connectivity index (χ2n) is 6.07. The number of benzene rings is 1. The van der Waals surface area contributed by atoms with Gasteiger partial charge < -0.3 is 5.32 Å². The minimum Gasteiger partial charge on any atom is -0.352 e. The number of amides is 1. The van der Waals surface area contributed by atoms with E-state index >= 15 is 0 Å². The van der Waals surface area contributed by atoms with Gasteiger partial charge in [0.25, 0.3) is 5.91 Å². The van der Waals surface area contributed by atoms with Crippen molar-refractivity contribution in [1.29, 1.82) is 0 Å². The van der Waals surface area contributed by atoms with Crippen molar-refractivity contribution in [3.63, 3.8) is 0 Å². The zero-order chi connectivity index (χ0) is 17.3. The van der Waals surface area contributed by atoms with Gasteiger partial charge in [-0.3, -0.25) is 4.79 Å². The summed E-state index contributed by atoms with van der Waals surface area (Å²) in [7, 11) is -3.49. The van der Waals surface area contributed by atoms with Crippen LogP contribution in [0.25, 0.3) is 0 Å². The first-order chi connectivity index (χ1) is 10.9. The molecule has 0 saturated carbocycles. The molecule has 0 aliphatic carbocycles. The van der Waals surface area contributed by atoms with Gasteiger partial charge in [-0.05, 0) is 43.0 Å². The molecule has 0 fully saturated rings. The molecule has 0 unspecified atom stereocenters. The van der Waals surface area contributed by atoms with Gasteiger partial charge >= 0.3 is 0 Å². The van der Waals surface area contributed by atoms with E-state index < -0.39 is 10.0 Å². The minimum absolute atomic E-state index is 0.175. The van der Waals surface area contributed by atoms with Crippen LogP contribution >= 0.6 is 0 Å². The minimum atomic E-state index is -3.49. The maximum atomic E-state index is 12.1. The Kier molecular flexibility index (Phi) is 8.26. The third kappa shape index (κ3) is 7.14. The largest absolute Gasteiger partial charge is 0.352 e. The van der Waals surface area contributed by atoms with Crippen LogP contribution in [0.3, 0.4) is 0 Å². The van der Waals surface area contributed by atoms with Gasteiger partial charge in [-0.1, -0.05) is 33.6 Å². The third-order valence-electron chi connectivity index (χ3n) is 3.51. The van der Waals surface area contributed by atoms with Crippen LogP contribution in [0.2, 0.25) is 0 Å². The fraction of sp³-hybridized carbons (Fsp3) is 0.588. The summed E-state index contributed by atoms with van der Waals surface area (Å²) in [6.07, 6.45) is 3.78. The maximum Gasteiger partial charge on any atom is 0.251 e. The lowest BCUT2D eigenvalue weighted by molar-refractivity contribution is 0.0952. The number of carbonyl (C=O) groups excluding carboxylic acids is 1. The predicted octanol–water partition coefficient (Wildman–Crippen LogP) is 2.93. The van der Waals surface area contributed by atoms with Crippen LogP contribution < -0.4 is 10.0 Å². The molecule has 130 valence electrons. The zero-order valence-electron chi connectivity index (χ0n) is 14.3. The molecule has 0 spiro atoms. The van der Waals surface area contributed by atoms with E-state index in [1.54, 1.807) is 12.1 Å². The normalized spacial score (nSPS) is 11.7.